The molecule has 50 heavy (non-hydrogen) atoms. The SMILES string of the molecule is COc1cc(C(=O)N(C)c2ccc(C)cc2OCCCCC(=C=O)N2CCC(N(C)C)CC2)ccc1NC(=O)c1ccccc1OCCCN. The number of amides is 2. The Morgan fingerprint density at radius 3 is 2.34 bits per heavy atom. The molecule has 0 bridgehead atoms. The second-order valence-electron chi connectivity index (χ2n) is 12.7. The predicted octanol–water partition coefficient (Wildman–Crippen LogP) is 5.55. The second kappa shape index (κ2) is 18.8. The number of benzene rings is 3. The summed E-state index contributed by atoms with van der Waals surface area (Å²) in [5.74, 6) is 2.93. The lowest BCUT2D eigenvalue weighted by molar-refractivity contribution is 0.0990. The van der Waals surface area contributed by atoms with Crippen molar-refractivity contribution in [2.24, 2.45) is 5.73 Å². The lowest BCUT2D eigenvalue weighted by Gasteiger charge is -2.36. The summed E-state index contributed by atoms with van der Waals surface area (Å²) in [5, 5.41) is 2.88. The van der Waals surface area contributed by atoms with Crippen LogP contribution in [0, 0.1) is 6.92 Å². The van der Waals surface area contributed by atoms with Gasteiger partial charge in [-0.3, -0.25) is 9.59 Å². The minimum absolute atomic E-state index is 0.271. The Balaban J connectivity index is 1.37. The molecule has 3 aromatic rings. The average molecular weight is 686 g/mol. The van der Waals surface area contributed by atoms with Crippen LogP contribution in [0.4, 0.5) is 11.4 Å². The van der Waals surface area contributed by atoms with Gasteiger partial charge in [-0.05, 0) is 114 Å². The van der Waals surface area contributed by atoms with Crippen molar-refractivity contribution in [3.05, 3.63) is 83.1 Å². The number of carbonyl (C=O) groups excluding carboxylic acids is 3. The van der Waals surface area contributed by atoms with Crippen LogP contribution >= 0.6 is 0 Å². The number of aryl methyl sites for hydroxylation is 1. The zero-order valence-corrected chi connectivity index (χ0v) is 30.0. The molecule has 268 valence electrons. The van der Waals surface area contributed by atoms with Crippen molar-refractivity contribution >= 4 is 29.1 Å². The second-order valence-corrected chi connectivity index (χ2v) is 12.7. The fourth-order valence-corrected chi connectivity index (χ4v) is 5.98. The van der Waals surface area contributed by atoms with Gasteiger partial charge in [-0.15, -0.1) is 0 Å². The molecule has 3 aromatic carbocycles. The Kier molecular flexibility index (Phi) is 14.3. The van der Waals surface area contributed by atoms with E-state index in [1.54, 1.807) is 54.4 Å². The number of unbranched alkanes of at least 4 members (excludes halogenated alkanes) is 1. The van der Waals surface area contributed by atoms with Crippen molar-refractivity contribution in [3.8, 4) is 17.2 Å². The van der Waals surface area contributed by atoms with Crippen molar-refractivity contribution in [2.45, 2.75) is 51.5 Å². The maximum absolute atomic E-state index is 13.7. The Bertz CT molecular complexity index is 1650. The first-order valence-electron chi connectivity index (χ1n) is 17.2. The molecule has 0 radical (unpaired) electrons. The van der Waals surface area contributed by atoms with E-state index in [-0.39, 0.29) is 11.8 Å². The molecule has 0 aliphatic carbocycles. The number of para-hydroxylation sites is 1. The Morgan fingerprint density at radius 1 is 0.920 bits per heavy atom. The van der Waals surface area contributed by atoms with Crippen molar-refractivity contribution in [1.82, 2.24) is 9.80 Å². The summed E-state index contributed by atoms with van der Waals surface area (Å²) in [4.78, 5) is 44.6. The molecule has 0 spiro atoms. The summed E-state index contributed by atoms with van der Waals surface area (Å²) in [6.07, 6.45) is 4.95. The van der Waals surface area contributed by atoms with E-state index in [1.165, 1.54) is 7.11 Å². The normalized spacial score (nSPS) is 13.1. The number of anilines is 2. The van der Waals surface area contributed by atoms with E-state index in [2.05, 4.69) is 35.2 Å². The van der Waals surface area contributed by atoms with E-state index in [0.29, 0.717) is 78.4 Å². The van der Waals surface area contributed by atoms with E-state index in [9.17, 15) is 14.4 Å². The molecule has 2 amide bonds. The van der Waals surface area contributed by atoms with Crippen molar-refractivity contribution in [2.75, 3.05) is 71.3 Å². The summed E-state index contributed by atoms with van der Waals surface area (Å²) >= 11 is 0. The smallest absolute Gasteiger partial charge is 0.259 e. The van der Waals surface area contributed by atoms with Gasteiger partial charge in [0.2, 0.25) is 0 Å². The maximum Gasteiger partial charge on any atom is 0.259 e. The van der Waals surface area contributed by atoms with E-state index < -0.39 is 0 Å². The molecule has 1 aliphatic heterocycles. The number of methoxy groups -OCH3 is 1. The minimum atomic E-state index is -0.368. The van der Waals surface area contributed by atoms with Crippen LogP contribution in [0.15, 0.2) is 66.4 Å². The van der Waals surface area contributed by atoms with Gasteiger partial charge in [0.1, 0.15) is 23.2 Å². The third kappa shape index (κ3) is 10.1. The van der Waals surface area contributed by atoms with Gasteiger partial charge in [0.05, 0.1) is 43.0 Å². The van der Waals surface area contributed by atoms with Gasteiger partial charge in [0.25, 0.3) is 11.8 Å². The standard InChI is InChI=1S/C39H51N5O6/c1-28-14-17-34(37(25-28)50-23-9-8-11-31(27-45)44-21-18-30(19-22-44)42(2)3)43(4)39(47)29-15-16-33(36(26-29)48-5)41-38(46)32-12-6-7-13-35(32)49-24-10-20-40/h6-7,12-17,25-26,30H,8-11,18-24,40H2,1-5H3,(H,41,46). The summed E-state index contributed by atoms with van der Waals surface area (Å²) in [6.45, 7) is 5.06. The van der Waals surface area contributed by atoms with Crippen LogP contribution in [0.1, 0.15) is 64.8 Å². The average Bonchev–Trinajstić information content (AvgIpc) is 3.13. The van der Waals surface area contributed by atoms with Crippen LogP contribution in [-0.2, 0) is 4.79 Å². The van der Waals surface area contributed by atoms with Gasteiger partial charge < -0.3 is 40.0 Å². The van der Waals surface area contributed by atoms with Gasteiger partial charge in [-0.25, -0.2) is 4.79 Å². The number of ether oxygens (including phenoxy) is 3. The molecule has 1 heterocycles. The molecular weight excluding hydrogens is 634 g/mol. The molecule has 3 N–H and O–H groups in total. The highest BCUT2D eigenvalue weighted by Crippen LogP contribution is 2.33. The van der Waals surface area contributed by atoms with Crippen molar-refractivity contribution < 1.29 is 28.6 Å². The molecule has 11 nitrogen and oxygen atoms in total. The molecular formula is C39H51N5O6. The predicted molar refractivity (Wildman–Crippen MR) is 197 cm³/mol. The number of piperidine rings is 1. The molecule has 1 aliphatic rings. The molecule has 0 aromatic heterocycles. The molecule has 0 atom stereocenters. The number of rotatable bonds is 17. The van der Waals surface area contributed by atoms with Gasteiger partial charge in [0.15, 0.2) is 0 Å². The largest absolute Gasteiger partial charge is 0.495 e. The topological polar surface area (TPSA) is 127 Å². The quantitative estimate of drug-likeness (QED) is 0.139. The highest BCUT2D eigenvalue weighted by atomic mass is 16.5. The number of hydrogen-bond donors (Lipinski definition) is 2. The molecule has 0 unspecified atom stereocenters. The van der Waals surface area contributed by atoms with Crippen molar-refractivity contribution in [3.63, 3.8) is 0 Å². The van der Waals surface area contributed by atoms with E-state index in [0.717, 1.165) is 50.0 Å². The minimum Gasteiger partial charge on any atom is -0.495 e. The summed E-state index contributed by atoms with van der Waals surface area (Å²) in [5.41, 5.74) is 9.11. The zero-order chi connectivity index (χ0) is 36.0. The van der Waals surface area contributed by atoms with Crippen LogP contribution in [0.3, 0.4) is 0 Å². The monoisotopic (exact) mass is 685 g/mol. The summed E-state index contributed by atoms with van der Waals surface area (Å²) in [6, 6.07) is 18.2. The highest BCUT2D eigenvalue weighted by Gasteiger charge is 2.23. The van der Waals surface area contributed by atoms with Gasteiger partial charge in [-0.1, -0.05) is 18.2 Å². The number of nitrogens with two attached hydrogens (primary N) is 1. The van der Waals surface area contributed by atoms with Gasteiger partial charge >= 0.3 is 0 Å². The first-order valence-corrected chi connectivity index (χ1v) is 17.2. The van der Waals surface area contributed by atoms with Gasteiger partial charge in [-0.2, -0.15) is 0 Å². The van der Waals surface area contributed by atoms with E-state index in [4.69, 9.17) is 19.9 Å². The lowest BCUT2D eigenvalue weighted by atomic mass is 10.0. The molecule has 0 saturated carbocycles. The van der Waals surface area contributed by atoms with E-state index in [1.807, 2.05) is 25.1 Å². The van der Waals surface area contributed by atoms with Crippen LogP contribution in [-0.4, -0.2) is 94.7 Å². The number of carbonyl (C=O) groups is 2. The summed E-state index contributed by atoms with van der Waals surface area (Å²) < 4.78 is 17.5. The Morgan fingerprint density at radius 2 is 1.64 bits per heavy atom. The molecule has 4 rings (SSSR count). The summed E-state index contributed by atoms with van der Waals surface area (Å²) in [7, 11) is 7.39. The first-order chi connectivity index (χ1) is 24.2. The lowest BCUT2D eigenvalue weighted by Crippen LogP contribution is -2.41. The maximum atomic E-state index is 13.7. The number of allylic oxidation sites excluding steroid dienone is 1. The Hall–Kier alpha value is -4.83. The van der Waals surface area contributed by atoms with E-state index >= 15 is 0 Å². The number of nitrogens with zero attached hydrogens (tertiary/aromatic N) is 3. The zero-order valence-electron chi connectivity index (χ0n) is 30.0. The number of hydrogen-bond acceptors (Lipinski definition) is 9. The Labute approximate surface area is 296 Å². The van der Waals surface area contributed by atoms with Gasteiger partial charge in [0, 0.05) is 31.7 Å². The van der Waals surface area contributed by atoms with Crippen LogP contribution < -0.4 is 30.2 Å². The third-order valence-corrected chi connectivity index (χ3v) is 8.98. The first kappa shape index (κ1) is 38.0. The third-order valence-electron chi connectivity index (χ3n) is 8.98. The molecule has 11 heteroatoms. The van der Waals surface area contributed by atoms with Crippen LogP contribution in [0.25, 0.3) is 0 Å². The highest BCUT2D eigenvalue weighted by molar-refractivity contribution is 6.09. The van der Waals surface area contributed by atoms with Crippen LogP contribution in [0.2, 0.25) is 0 Å². The fourth-order valence-electron chi connectivity index (χ4n) is 5.98. The fraction of sp³-hybridized carbons (Fsp3) is 0.436. The number of likely N-dealkylation sites (tertiary alicyclic amines) is 1. The molecule has 1 saturated heterocycles. The van der Waals surface area contributed by atoms with Crippen molar-refractivity contribution in [1.29, 1.82) is 0 Å². The molecule has 1 fully saturated rings. The van der Waals surface area contributed by atoms with Crippen LogP contribution in [0.5, 0.6) is 17.2 Å². The number of nitrogens with one attached hydrogen (secondary N) is 1.